The van der Waals surface area contributed by atoms with Gasteiger partial charge in [0, 0.05) is 6.54 Å². The minimum atomic E-state index is -0.0826. The zero-order valence-corrected chi connectivity index (χ0v) is 17.5. The number of unbranched alkanes of at least 4 members (excludes halogenated alkanes) is 11. The lowest BCUT2D eigenvalue weighted by atomic mass is 10.1. The highest BCUT2D eigenvalue weighted by Crippen LogP contribution is 2.14. The Morgan fingerprint density at radius 3 is 2.04 bits per heavy atom. The van der Waals surface area contributed by atoms with Crippen LogP contribution in [0.25, 0.3) is 0 Å². The lowest BCUT2D eigenvalue weighted by molar-refractivity contribution is -0.577. The molecule has 0 aliphatic heterocycles. The van der Waals surface area contributed by atoms with Crippen molar-refractivity contribution in [1.29, 1.82) is 0 Å². The van der Waals surface area contributed by atoms with Crippen LogP contribution < -0.4 is 20.5 Å². The van der Waals surface area contributed by atoms with Gasteiger partial charge in [-0.25, -0.2) is 4.73 Å². The van der Waals surface area contributed by atoms with Gasteiger partial charge >= 0.3 is 5.95 Å². The summed E-state index contributed by atoms with van der Waals surface area (Å²) in [5, 5.41) is 15.1. The van der Waals surface area contributed by atoms with Crippen molar-refractivity contribution in [2.75, 3.05) is 24.2 Å². The minimum absolute atomic E-state index is 0.0826. The van der Waals surface area contributed by atoms with Crippen molar-refractivity contribution >= 4 is 11.8 Å². The van der Waals surface area contributed by atoms with Crippen LogP contribution in [0.3, 0.4) is 0 Å². The van der Waals surface area contributed by atoms with Crippen molar-refractivity contribution in [3.05, 3.63) is 11.3 Å². The highest BCUT2D eigenvalue weighted by atomic mass is 16.5. The van der Waals surface area contributed by atoms with E-state index < -0.39 is 0 Å². The second kappa shape index (κ2) is 15.3. The molecular weight excluding hydrogens is 340 g/mol. The van der Waals surface area contributed by atoms with Crippen molar-refractivity contribution in [3.8, 4) is 5.88 Å². The van der Waals surface area contributed by atoms with Crippen molar-refractivity contribution < 1.29 is 9.47 Å². The molecule has 0 bridgehead atoms. The number of anilines is 2. The molecule has 27 heavy (non-hydrogen) atoms. The quantitative estimate of drug-likeness (QED) is 0.220. The summed E-state index contributed by atoms with van der Waals surface area (Å²) >= 11 is 0. The van der Waals surface area contributed by atoms with Crippen LogP contribution in [0.5, 0.6) is 5.88 Å². The van der Waals surface area contributed by atoms with Gasteiger partial charge in [0.1, 0.15) is 0 Å². The number of hydrogen-bond acceptors (Lipinski definition) is 5. The van der Waals surface area contributed by atoms with Gasteiger partial charge in [-0.1, -0.05) is 89.5 Å². The predicted octanol–water partition coefficient (Wildman–Crippen LogP) is 5.20. The Bertz CT molecular complexity index is 497. The number of nitrogens with two attached hydrogens (primary N) is 1. The zero-order chi connectivity index (χ0) is 19.7. The molecular formula is C21H40N4O2. The summed E-state index contributed by atoms with van der Waals surface area (Å²) in [6, 6.07) is 1.62. The van der Waals surface area contributed by atoms with E-state index in [-0.39, 0.29) is 5.95 Å². The molecule has 0 amide bonds. The second-order valence-corrected chi connectivity index (χ2v) is 7.30. The number of nitrogens with one attached hydrogen (secondary N) is 1. The first kappa shape index (κ1) is 23.3. The Morgan fingerprint density at radius 2 is 1.48 bits per heavy atom. The summed E-state index contributed by atoms with van der Waals surface area (Å²) < 4.78 is 6.09. The number of aromatic nitrogens is 2. The van der Waals surface area contributed by atoms with Crippen molar-refractivity contribution in [3.63, 3.8) is 0 Å². The fourth-order valence-corrected chi connectivity index (χ4v) is 3.08. The monoisotopic (exact) mass is 380 g/mol. The van der Waals surface area contributed by atoms with Crippen LogP contribution in [0, 0.1) is 5.21 Å². The molecule has 0 unspecified atom stereocenters. The molecule has 0 aliphatic carbocycles. The molecule has 6 nitrogen and oxygen atoms in total. The minimum Gasteiger partial charge on any atom is -0.754 e. The standard InChI is InChI=1S/C21H40N4O2/c1-3-5-6-7-8-9-10-11-12-13-14-15-16-23-19-18-20(27-17-4-2)24-21(22)25(19)26/h18,23H,3-17H2,1-2H3,(H2,22,24). The van der Waals surface area contributed by atoms with E-state index in [1.54, 1.807) is 6.07 Å². The lowest BCUT2D eigenvalue weighted by Gasteiger charge is -2.14. The maximum absolute atomic E-state index is 12.0. The van der Waals surface area contributed by atoms with Gasteiger partial charge < -0.3 is 21.0 Å². The van der Waals surface area contributed by atoms with E-state index in [2.05, 4.69) is 17.2 Å². The first-order valence-electron chi connectivity index (χ1n) is 11.0. The highest BCUT2D eigenvalue weighted by Gasteiger charge is 2.11. The van der Waals surface area contributed by atoms with Gasteiger partial charge in [-0.15, -0.1) is 0 Å². The number of ether oxygens (including phenoxy) is 1. The molecule has 3 N–H and O–H groups in total. The molecule has 1 rings (SSSR count). The first-order valence-corrected chi connectivity index (χ1v) is 11.0. The number of nitrogen functional groups attached to an aromatic ring is 1. The Morgan fingerprint density at radius 1 is 0.926 bits per heavy atom. The summed E-state index contributed by atoms with van der Waals surface area (Å²) in [4.78, 5) is 3.95. The van der Waals surface area contributed by atoms with Gasteiger partial charge in [-0.05, 0) is 12.8 Å². The van der Waals surface area contributed by atoms with Gasteiger partial charge in [-0.3, -0.25) is 0 Å². The summed E-state index contributed by atoms with van der Waals surface area (Å²) in [5.74, 6) is 0.733. The maximum atomic E-state index is 12.0. The van der Waals surface area contributed by atoms with E-state index >= 15 is 0 Å². The van der Waals surface area contributed by atoms with Crippen LogP contribution in [0.1, 0.15) is 97.3 Å². The fourth-order valence-electron chi connectivity index (χ4n) is 3.08. The zero-order valence-electron chi connectivity index (χ0n) is 17.5. The molecule has 0 spiro atoms. The first-order chi connectivity index (χ1) is 13.2. The average Bonchev–Trinajstić information content (AvgIpc) is 2.67. The van der Waals surface area contributed by atoms with Gasteiger partial charge in [0.15, 0.2) is 0 Å². The number of nitrogens with zero attached hydrogens (tertiary/aromatic N) is 2. The SMILES string of the molecule is CCCCCCCCCCCCCCNc1cc(OCCC)nc(N)[n+]1[O-]. The van der Waals surface area contributed by atoms with Crippen LogP contribution in [-0.2, 0) is 0 Å². The van der Waals surface area contributed by atoms with Gasteiger partial charge in [0.05, 0.1) is 12.7 Å². The molecule has 1 aromatic heterocycles. The normalized spacial score (nSPS) is 10.9. The Hall–Kier alpha value is -1.72. The maximum Gasteiger partial charge on any atom is 0.347 e. The summed E-state index contributed by atoms with van der Waals surface area (Å²) in [5.41, 5.74) is 5.66. The summed E-state index contributed by atoms with van der Waals surface area (Å²) in [6.07, 6.45) is 16.7. The van der Waals surface area contributed by atoms with Crippen LogP contribution >= 0.6 is 0 Å². The molecule has 156 valence electrons. The molecule has 0 aromatic carbocycles. The third kappa shape index (κ3) is 10.9. The van der Waals surface area contributed by atoms with E-state index in [4.69, 9.17) is 10.5 Å². The fraction of sp³-hybridized carbons (Fsp3) is 0.810. The molecule has 1 heterocycles. The van der Waals surface area contributed by atoms with E-state index in [0.717, 1.165) is 19.4 Å². The highest BCUT2D eigenvalue weighted by molar-refractivity contribution is 5.36. The second-order valence-electron chi connectivity index (χ2n) is 7.30. The molecule has 0 atom stereocenters. The van der Waals surface area contributed by atoms with Crippen molar-refractivity contribution in [1.82, 2.24) is 4.98 Å². The van der Waals surface area contributed by atoms with E-state index in [9.17, 15) is 5.21 Å². The largest absolute Gasteiger partial charge is 0.754 e. The molecule has 0 saturated heterocycles. The third-order valence-electron chi connectivity index (χ3n) is 4.70. The average molecular weight is 381 g/mol. The van der Waals surface area contributed by atoms with E-state index in [1.165, 1.54) is 70.6 Å². The summed E-state index contributed by atoms with van der Waals surface area (Å²) in [6.45, 7) is 5.61. The van der Waals surface area contributed by atoms with Crippen molar-refractivity contribution in [2.45, 2.75) is 97.3 Å². The lowest BCUT2D eigenvalue weighted by Crippen LogP contribution is -2.36. The Kier molecular flexibility index (Phi) is 13.3. The summed E-state index contributed by atoms with van der Waals surface area (Å²) in [7, 11) is 0. The number of rotatable bonds is 17. The molecule has 1 aromatic rings. The molecule has 0 aliphatic rings. The Labute approximate surface area is 165 Å². The van der Waals surface area contributed by atoms with E-state index in [1.807, 2.05) is 6.92 Å². The van der Waals surface area contributed by atoms with Gasteiger partial charge in [-0.2, -0.15) is 0 Å². The molecule has 6 heteroatoms. The topological polar surface area (TPSA) is 87.1 Å². The van der Waals surface area contributed by atoms with Gasteiger partial charge in [0.2, 0.25) is 5.82 Å². The van der Waals surface area contributed by atoms with Gasteiger partial charge in [0.25, 0.3) is 5.88 Å². The third-order valence-corrected chi connectivity index (χ3v) is 4.70. The molecule has 0 fully saturated rings. The van der Waals surface area contributed by atoms with E-state index in [0.29, 0.717) is 23.0 Å². The van der Waals surface area contributed by atoms with Crippen LogP contribution in [0.15, 0.2) is 6.07 Å². The Balaban J connectivity index is 2.07. The smallest absolute Gasteiger partial charge is 0.347 e. The number of hydrogen-bond donors (Lipinski definition) is 2. The van der Waals surface area contributed by atoms with Crippen LogP contribution in [-0.4, -0.2) is 18.1 Å². The predicted molar refractivity (Wildman–Crippen MR) is 113 cm³/mol. The van der Waals surface area contributed by atoms with Crippen LogP contribution in [0.4, 0.5) is 11.8 Å². The molecule has 0 radical (unpaired) electrons. The van der Waals surface area contributed by atoms with Crippen LogP contribution in [0.2, 0.25) is 0 Å². The van der Waals surface area contributed by atoms with Crippen molar-refractivity contribution in [2.24, 2.45) is 0 Å². The molecule has 0 saturated carbocycles.